The maximum Gasteiger partial charge on any atom is 0.411 e. The van der Waals surface area contributed by atoms with E-state index in [0.717, 1.165) is 22.7 Å². The van der Waals surface area contributed by atoms with Crippen molar-refractivity contribution in [2.45, 2.75) is 89.2 Å². The van der Waals surface area contributed by atoms with Gasteiger partial charge in [-0.05, 0) is 59.6 Å². The summed E-state index contributed by atoms with van der Waals surface area (Å²) in [5.74, 6) is 0.446. The molecule has 176 valence electrons. The highest BCUT2D eigenvalue weighted by Crippen LogP contribution is 2.39. The second-order valence-corrected chi connectivity index (χ2v) is 12.3. The fraction of sp³-hybridized carbons (Fsp3) is 0.565. The predicted molar refractivity (Wildman–Crippen MR) is 129 cm³/mol. The summed E-state index contributed by atoms with van der Waals surface area (Å²) in [5.41, 5.74) is 0.270. The van der Waals surface area contributed by atoms with Crippen LogP contribution in [0.5, 0.6) is 0 Å². The number of ether oxygens (including phenoxy) is 1. The molecule has 1 aromatic heterocycles. The quantitative estimate of drug-likeness (QED) is 0.538. The van der Waals surface area contributed by atoms with Crippen LogP contribution in [0.2, 0.25) is 0 Å². The van der Waals surface area contributed by atoms with Crippen molar-refractivity contribution in [3.8, 4) is 10.4 Å². The molecule has 1 aliphatic carbocycles. The molecule has 2 aromatic rings. The van der Waals surface area contributed by atoms with Crippen LogP contribution in [0.15, 0.2) is 29.3 Å². The molecule has 32 heavy (non-hydrogen) atoms. The molecule has 7 nitrogen and oxygen atoms in total. The lowest BCUT2D eigenvalue weighted by Crippen LogP contribution is -2.40. The van der Waals surface area contributed by atoms with Crippen molar-refractivity contribution < 1.29 is 17.9 Å². The summed E-state index contributed by atoms with van der Waals surface area (Å²) in [6, 6.07) is 4.89. The monoisotopic (exact) mass is 479 g/mol. The van der Waals surface area contributed by atoms with Crippen molar-refractivity contribution in [3.63, 3.8) is 0 Å². The highest BCUT2D eigenvalue weighted by Gasteiger charge is 2.27. The van der Waals surface area contributed by atoms with E-state index in [1.807, 2.05) is 0 Å². The van der Waals surface area contributed by atoms with Crippen molar-refractivity contribution in [3.05, 3.63) is 29.4 Å². The first-order chi connectivity index (χ1) is 14.9. The van der Waals surface area contributed by atoms with Gasteiger partial charge in [0.25, 0.3) is 0 Å². The number of aromatic nitrogens is 1. The van der Waals surface area contributed by atoms with Crippen LogP contribution in [0.25, 0.3) is 10.4 Å². The van der Waals surface area contributed by atoms with Crippen molar-refractivity contribution >= 4 is 33.1 Å². The van der Waals surface area contributed by atoms with E-state index in [2.05, 4.69) is 15.0 Å². The van der Waals surface area contributed by atoms with E-state index < -0.39 is 21.7 Å². The molecule has 9 heteroatoms. The molecule has 0 radical (unpaired) electrons. The molecule has 2 N–H and O–H groups in total. The molecule has 3 rings (SSSR count). The number of sulfonamides is 1. The number of carbonyl (C=O) groups excluding carboxylic acids is 1. The number of nitrogens with zero attached hydrogens (tertiary/aromatic N) is 1. The van der Waals surface area contributed by atoms with E-state index >= 15 is 0 Å². The number of thiazole rings is 1. The first-order valence-electron chi connectivity index (χ1n) is 11.1. The summed E-state index contributed by atoms with van der Waals surface area (Å²) in [4.78, 5) is 17.6. The molecule has 1 amide bonds. The smallest absolute Gasteiger partial charge is 0.411 e. The summed E-state index contributed by atoms with van der Waals surface area (Å²) in [6.45, 7) is 8.87. The molecule has 0 bridgehead atoms. The molecule has 1 saturated carbocycles. The first-order valence-corrected chi connectivity index (χ1v) is 13.4. The van der Waals surface area contributed by atoms with Gasteiger partial charge in [0.15, 0.2) is 0 Å². The zero-order valence-corrected chi connectivity index (χ0v) is 21.0. The largest absolute Gasteiger partial charge is 0.447 e. The van der Waals surface area contributed by atoms with Crippen molar-refractivity contribution in [2.75, 3.05) is 5.32 Å². The fourth-order valence-corrected chi connectivity index (χ4v) is 6.65. The Morgan fingerprint density at radius 3 is 2.50 bits per heavy atom. The molecular formula is C23H33N3O4S2. The maximum atomic E-state index is 13.3. The van der Waals surface area contributed by atoms with Gasteiger partial charge in [-0.3, -0.25) is 5.32 Å². The van der Waals surface area contributed by atoms with Gasteiger partial charge in [0, 0.05) is 28.9 Å². The van der Waals surface area contributed by atoms with Gasteiger partial charge in [-0.25, -0.2) is 22.9 Å². The van der Waals surface area contributed by atoms with Crippen LogP contribution in [0.4, 0.5) is 10.5 Å². The van der Waals surface area contributed by atoms with Crippen LogP contribution < -0.4 is 10.0 Å². The van der Waals surface area contributed by atoms with Crippen LogP contribution in [0, 0.1) is 0 Å². The number of nitrogens with one attached hydrogen (secondary N) is 2. The van der Waals surface area contributed by atoms with E-state index in [-0.39, 0.29) is 11.0 Å². The normalized spacial score (nSPS) is 15.7. The molecule has 0 unspecified atom stereocenters. The average Bonchev–Trinajstić information content (AvgIpc) is 3.16. The lowest BCUT2D eigenvalue weighted by atomic mass is 9.90. The standard InChI is InChI=1S/C23H33N3O4S2/c1-15(2)30-22(27)25-17-11-12-18(20(13-17)32(28,29)26-23(3,4)5)19-14-24-21(31-19)16-9-7-6-8-10-16/h11-16,26H,6-10H2,1-5H3,(H,25,27). The molecule has 1 heterocycles. The van der Waals surface area contributed by atoms with Crippen LogP contribution in [0.3, 0.4) is 0 Å². The van der Waals surface area contributed by atoms with E-state index in [1.54, 1.807) is 64.3 Å². The zero-order valence-electron chi connectivity index (χ0n) is 19.4. The Balaban J connectivity index is 1.99. The SMILES string of the molecule is CC(C)OC(=O)Nc1ccc(-c2cnc(C3CCCCC3)s2)c(S(=O)(=O)NC(C)(C)C)c1. The average molecular weight is 480 g/mol. The second kappa shape index (κ2) is 9.89. The number of rotatable bonds is 6. The van der Waals surface area contributed by atoms with Gasteiger partial charge in [0.2, 0.25) is 10.0 Å². The molecule has 0 saturated heterocycles. The minimum absolute atomic E-state index is 0.105. The first kappa shape index (κ1) is 24.7. The fourth-order valence-electron chi connectivity index (χ4n) is 3.80. The topological polar surface area (TPSA) is 97.4 Å². The van der Waals surface area contributed by atoms with Crippen LogP contribution in [0.1, 0.15) is 77.6 Å². The highest BCUT2D eigenvalue weighted by atomic mass is 32.2. The minimum atomic E-state index is -3.86. The molecular weight excluding hydrogens is 446 g/mol. The van der Waals surface area contributed by atoms with E-state index in [0.29, 0.717) is 17.2 Å². The van der Waals surface area contributed by atoms with Gasteiger partial charge in [-0.2, -0.15) is 0 Å². The lowest BCUT2D eigenvalue weighted by molar-refractivity contribution is 0.130. The number of carbonyl (C=O) groups is 1. The number of hydrogen-bond acceptors (Lipinski definition) is 6. The van der Waals surface area contributed by atoms with Gasteiger partial charge in [-0.1, -0.05) is 25.3 Å². The van der Waals surface area contributed by atoms with E-state index in [9.17, 15) is 13.2 Å². The Bertz CT molecular complexity index is 1050. The van der Waals surface area contributed by atoms with Crippen LogP contribution in [-0.2, 0) is 14.8 Å². The maximum absolute atomic E-state index is 13.3. The molecule has 1 fully saturated rings. The summed E-state index contributed by atoms with van der Waals surface area (Å²) in [6.07, 6.45) is 6.80. The number of amides is 1. The van der Waals surface area contributed by atoms with Gasteiger partial charge in [0.1, 0.15) is 0 Å². The van der Waals surface area contributed by atoms with Crippen molar-refractivity contribution in [2.24, 2.45) is 0 Å². The number of benzene rings is 1. The Hall–Kier alpha value is -1.97. The molecule has 1 aromatic carbocycles. The van der Waals surface area contributed by atoms with Crippen molar-refractivity contribution in [1.29, 1.82) is 0 Å². The van der Waals surface area contributed by atoms with Gasteiger partial charge in [0.05, 0.1) is 20.9 Å². The summed E-state index contributed by atoms with van der Waals surface area (Å²) < 4.78 is 34.4. The Morgan fingerprint density at radius 1 is 1.19 bits per heavy atom. The summed E-state index contributed by atoms with van der Waals surface area (Å²) in [7, 11) is -3.86. The lowest BCUT2D eigenvalue weighted by Gasteiger charge is -2.22. The van der Waals surface area contributed by atoms with Crippen LogP contribution >= 0.6 is 11.3 Å². The predicted octanol–water partition coefficient (Wildman–Crippen LogP) is 5.89. The van der Waals surface area contributed by atoms with Crippen molar-refractivity contribution in [1.82, 2.24) is 9.71 Å². The Morgan fingerprint density at radius 2 is 1.88 bits per heavy atom. The summed E-state index contributed by atoms with van der Waals surface area (Å²) >= 11 is 1.55. The molecule has 0 aliphatic heterocycles. The molecule has 0 atom stereocenters. The third-order valence-corrected chi connectivity index (χ3v) is 8.04. The van der Waals surface area contributed by atoms with E-state index in [4.69, 9.17) is 4.74 Å². The molecule has 0 spiro atoms. The molecule has 1 aliphatic rings. The highest BCUT2D eigenvalue weighted by molar-refractivity contribution is 7.89. The van der Waals surface area contributed by atoms with E-state index in [1.165, 1.54) is 25.3 Å². The van der Waals surface area contributed by atoms with Gasteiger partial charge >= 0.3 is 6.09 Å². The third-order valence-electron chi connectivity index (χ3n) is 5.04. The third kappa shape index (κ3) is 6.52. The second-order valence-electron chi connectivity index (χ2n) is 9.54. The number of anilines is 1. The van der Waals surface area contributed by atoms with Crippen LogP contribution in [-0.4, -0.2) is 31.1 Å². The Kier molecular flexibility index (Phi) is 7.62. The zero-order chi connectivity index (χ0) is 23.5. The Labute approximate surface area is 195 Å². The number of hydrogen-bond donors (Lipinski definition) is 2. The minimum Gasteiger partial charge on any atom is -0.447 e. The van der Waals surface area contributed by atoms with Gasteiger partial charge < -0.3 is 4.74 Å². The summed E-state index contributed by atoms with van der Waals surface area (Å²) in [5, 5.41) is 3.68. The van der Waals surface area contributed by atoms with Gasteiger partial charge in [-0.15, -0.1) is 11.3 Å².